The van der Waals surface area contributed by atoms with Gasteiger partial charge < -0.3 is 15.3 Å². The molecular weight excluding hydrogens is 643 g/mol. The molecule has 3 N–H and O–H groups in total. The van der Waals surface area contributed by atoms with Crippen LogP contribution in [0.2, 0.25) is 0 Å². The summed E-state index contributed by atoms with van der Waals surface area (Å²) >= 11 is 0. The number of unbranched alkanes of at least 4 members (excludes halogenated alkanes) is 1. The summed E-state index contributed by atoms with van der Waals surface area (Å²) in [7, 11) is -4.43. The van der Waals surface area contributed by atoms with Crippen molar-refractivity contribution >= 4 is 31.9 Å². The predicted molar refractivity (Wildman–Crippen MR) is 187 cm³/mol. The summed E-state index contributed by atoms with van der Waals surface area (Å²) in [5.74, 6) is -1.48. The molecule has 0 aromatic carbocycles. The maximum Gasteiger partial charge on any atom is 0.226 e. The summed E-state index contributed by atoms with van der Waals surface area (Å²) < 4.78 is 53.4. The number of carbonyl (C=O) groups is 2. The summed E-state index contributed by atoms with van der Waals surface area (Å²) in [4.78, 5) is 32.2. The SMILES string of the molecule is CCCCN(CC(O)C(CC1CCCCC1)NC(=O)C1CC(C(=O)N(CCC)CCC)CC(S(=O)(=O)N(C)C)C1)NS(=O)(=O)C(C)C. The fraction of sp³-hybridized carbons (Fsp3) is 0.939. The molecule has 0 heterocycles. The Hall–Kier alpha value is -1.32. The number of rotatable bonds is 20. The van der Waals surface area contributed by atoms with E-state index in [-0.39, 0.29) is 37.6 Å². The van der Waals surface area contributed by atoms with Crippen LogP contribution in [-0.4, -0.2) is 111 Å². The molecule has 47 heavy (non-hydrogen) atoms. The highest BCUT2D eigenvalue weighted by atomic mass is 32.2. The Balaban J connectivity index is 2.37. The van der Waals surface area contributed by atoms with Crippen molar-refractivity contribution in [1.29, 1.82) is 0 Å². The molecule has 0 radical (unpaired) electrons. The lowest BCUT2D eigenvalue weighted by Crippen LogP contribution is -2.55. The van der Waals surface area contributed by atoms with Gasteiger partial charge in [-0.05, 0) is 64.7 Å². The number of hydrogen-bond acceptors (Lipinski definition) is 8. The van der Waals surface area contributed by atoms with Gasteiger partial charge in [0.1, 0.15) is 0 Å². The molecule has 2 fully saturated rings. The summed E-state index contributed by atoms with van der Waals surface area (Å²) in [6.07, 6.45) is 8.42. The van der Waals surface area contributed by atoms with Gasteiger partial charge in [-0.3, -0.25) is 9.59 Å². The molecule has 0 spiro atoms. The zero-order valence-corrected chi connectivity index (χ0v) is 31.8. The Morgan fingerprint density at radius 1 is 0.851 bits per heavy atom. The Kier molecular flexibility index (Phi) is 17.6. The van der Waals surface area contributed by atoms with Crippen LogP contribution in [0, 0.1) is 17.8 Å². The number of aliphatic hydroxyl groups excluding tert-OH is 1. The van der Waals surface area contributed by atoms with E-state index in [0.29, 0.717) is 32.0 Å². The lowest BCUT2D eigenvalue weighted by atomic mass is 9.79. The van der Waals surface area contributed by atoms with Crippen molar-refractivity contribution < 1.29 is 31.5 Å². The molecule has 0 saturated heterocycles. The first-order valence-corrected chi connectivity index (χ1v) is 21.1. The smallest absolute Gasteiger partial charge is 0.226 e. The molecule has 14 heteroatoms. The molecule has 12 nitrogen and oxygen atoms in total. The lowest BCUT2D eigenvalue weighted by molar-refractivity contribution is -0.138. The molecule has 2 rings (SSSR count). The minimum Gasteiger partial charge on any atom is -0.390 e. The lowest BCUT2D eigenvalue weighted by Gasteiger charge is -2.38. The Labute approximate surface area is 285 Å². The van der Waals surface area contributed by atoms with Crippen LogP contribution in [0.5, 0.6) is 0 Å². The summed E-state index contributed by atoms with van der Waals surface area (Å²) in [5.41, 5.74) is 0. The largest absolute Gasteiger partial charge is 0.390 e. The average Bonchev–Trinajstić information content (AvgIpc) is 3.02. The number of nitrogens with one attached hydrogen (secondary N) is 2. The highest BCUT2D eigenvalue weighted by Crippen LogP contribution is 2.36. The van der Waals surface area contributed by atoms with Crippen LogP contribution in [0.1, 0.15) is 118 Å². The number of carbonyl (C=O) groups excluding carboxylic acids is 2. The van der Waals surface area contributed by atoms with Gasteiger partial charge in [-0.1, -0.05) is 59.3 Å². The van der Waals surface area contributed by atoms with Crippen molar-refractivity contribution in [2.75, 3.05) is 40.3 Å². The van der Waals surface area contributed by atoms with Gasteiger partial charge >= 0.3 is 0 Å². The number of amides is 2. The van der Waals surface area contributed by atoms with E-state index in [1.807, 2.05) is 20.8 Å². The molecule has 2 aliphatic rings. The molecule has 0 aromatic rings. The first-order chi connectivity index (χ1) is 22.1. The topological polar surface area (TPSA) is 156 Å². The highest BCUT2D eigenvalue weighted by molar-refractivity contribution is 7.90. The first kappa shape index (κ1) is 41.8. The molecule has 2 aliphatic carbocycles. The van der Waals surface area contributed by atoms with Crippen molar-refractivity contribution in [2.24, 2.45) is 17.8 Å². The van der Waals surface area contributed by atoms with Crippen molar-refractivity contribution in [3.05, 3.63) is 0 Å². The molecule has 5 atom stereocenters. The van der Waals surface area contributed by atoms with Crippen molar-refractivity contribution in [3.63, 3.8) is 0 Å². The Morgan fingerprint density at radius 2 is 1.45 bits per heavy atom. The number of aliphatic hydroxyl groups is 1. The van der Waals surface area contributed by atoms with Crippen LogP contribution in [0.25, 0.3) is 0 Å². The van der Waals surface area contributed by atoms with Crippen LogP contribution < -0.4 is 10.1 Å². The van der Waals surface area contributed by atoms with E-state index in [2.05, 4.69) is 10.1 Å². The Bertz CT molecular complexity index is 1170. The maximum atomic E-state index is 14.1. The van der Waals surface area contributed by atoms with Crippen LogP contribution >= 0.6 is 0 Å². The standard InChI is InChI=1S/C33H65N5O7S2/c1-8-11-19-38(35-46(42,43)25(4)5)24-31(39)30(20-26-15-13-12-14-16-26)34-32(40)27-21-28(33(41)37(17-9-2)18-10-3)23-29(22-27)47(44,45)36(6)7/h25-31,35,39H,8-24H2,1-7H3,(H,34,40). The zero-order valence-electron chi connectivity index (χ0n) is 30.1. The molecule has 276 valence electrons. The van der Waals surface area contributed by atoms with E-state index >= 15 is 0 Å². The molecule has 5 unspecified atom stereocenters. The van der Waals surface area contributed by atoms with Gasteiger partial charge in [-0.2, -0.15) is 0 Å². The van der Waals surface area contributed by atoms with Crippen LogP contribution in [0.4, 0.5) is 0 Å². The molecule has 2 amide bonds. The van der Waals surface area contributed by atoms with E-state index < -0.39 is 54.5 Å². The third-order valence-electron chi connectivity index (χ3n) is 9.78. The van der Waals surface area contributed by atoms with E-state index in [9.17, 15) is 31.5 Å². The summed E-state index contributed by atoms with van der Waals surface area (Å²) in [6, 6.07) is -0.657. The second-order valence-corrected chi connectivity index (χ2v) is 18.9. The van der Waals surface area contributed by atoms with Crippen LogP contribution in [-0.2, 0) is 29.6 Å². The monoisotopic (exact) mass is 707 g/mol. The Morgan fingerprint density at radius 3 is 1.98 bits per heavy atom. The summed E-state index contributed by atoms with van der Waals surface area (Å²) in [5, 5.41) is 14.7. The second kappa shape index (κ2) is 19.8. The predicted octanol–water partition coefficient (Wildman–Crippen LogP) is 3.47. The van der Waals surface area contributed by atoms with Gasteiger partial charge in [0.15, 0.2) is 0 Å². The fourth-order valence-corrected chi connectivity index (χ4v) is 9.19. The normalized spacial score (nSPS) is 22.8. The number of sulfonamides is 2. The van der Waals surface area contributed by atoms with Gasteiger partial charge in [0, 0.05) is 52.1 Å². The third-order valence-corrected chi connectivity index (χ3v) is 13.8. The highest BCUT2D eigenvalue weighted by Gasteiger charge is 2.44. The minimum absolute atomic E-state index is 0.00394. The van der Waals surface area contributed by atoms with Gasteiger partial charge in [0.05, 0.1) is 22.6 Å². The average molecular weight is 708 g/mol. The van der Waals surface area contributed by atoms with E-state index in [0.717, 1.165) is 57.8 Å². The molecule has 0 bridgehead atoms. The van der Waals surface area contributed by atoms with E-state index in [4.69, 9.17) is 0 Å². The number of nitrogens with zero attached hydrogens (tertiary/aromatic N) is 3. The van der Waals surface area contributed by atoms with Crippen LogP contribution in [0.15, 0.2) is 0 Å². The number of hydrazine groups is 1. The van der Waals surface area contributed by atoms with Crippen molar-refractivity contribution in [1.82, 2.24) is 24.4 Å². The molecule has 0 aliphatic heterocycles. The van der Waals surface area contributed by atoms with E-state index in [1.165, 1.54) is 23.4 Å². The molecule has 2 saturated carbocycles. The minimum atomic E-state index is -3.74. The maximum absolute atomic E-state index is 14.1. The molecule has 0 aromatic heterocycles. The van der Waals surface area contributed by atoms with Gasteiger partial charge in [-0.15, -0.1) is 4.83 Å². The number of hydrogen-bond donors (Lipinski definition) is 3. The van der Waals surface area contributed by atoms with Crippen LogP contribution in [0.3, 0.4) is 0 Å². The third kappa shape index (κ3) is 12.8. The van der Waals surface area contributed by atoms with Crippen molar-refractivity contribution in [2.45, 2.75) is 141 Å². The quantitative estimate of drug-likeness (QED) is 0.163. The van der Waals surface area contributed by atoms with Gasteiger partial charge in [0.25, 0.3) is 0 Å². The van der Waals surface area contributed by atoms with Gasteiger partial charge in [-0.25, -0.2) is 26.1 Å². The summed E-state index contributed by atoms with van der Waals surface area (Å²) in [6.45, 7) is 10.8. The fourth-order valence-electron chi connectivity index (χ4n) is 6.91. The van der Waals surface area contributed by atoms with E-state index in [1.54, 1.807) is 18.7 Å². The van der Waals surface area contributed by atoms with Crippen molar-refractivity contribution in [3.8, 4) is 0 Å². The molecular formula is C33H65N5O7S2. The second-order valence-electron chi connectivity index (χ2n) is 14.3. The first-order valence-electron chi connectivity index (χ1n) is 18.0. The zero-order chi connectivity index (χ0) is 35.4. The van der Waals surface area contributed by atoms with Gasteiger partial charge in [0.2, 0.25) is 31.9 Å².